The third-order valence-corrected chi connectivity index (χ3v) is 3.10. The predicted octanol–water partition coefficient (Wildman–Crippen LogP) is 1.13. The molecule has 0 bridgehead atoms. The van der Waals surface area contributed by atoms with Gasteiger partial charge in [0, 0.05) is 0 Å². The molecule has 0 atom stereocenters. The third-order valence-electron chi connectivity index (χ3n) is 2.78. The fourth-order valence-corrected chi connectivity index (χ4v) is 1.93. The van der Waals surface area contributed by atoms with Crippen LogP contribution in [0.15, 0.2) is 29.1 Å². The van der Waals surface area contributed by atoms with Gasteiger partial charge >= 0.3 is 0 Å². The van der Waals surface area contributed by atoms with Crippen LogP contribution in [-0.2, 0) is 6.54 Å². The Hall–Kier alpha value is -2.28. The van der Waals surface area contributed by atoms with Crippen molar-refractivity contribution in [2.24, 2.45) is 0 Å². The van der Waals surface area contributed by atoms with Gasteiger partial charge in [-0.25, -0.2) is 0 Å². The molecule has 100 valence electrons. The van der Waals surface area contributed by atoms with Crippen molar-refractivity contribution >= 4 is 23.7 Å². The van der Waals surface area contributed by atoms with E-state index >= 15 is 0 Å². The summed E-state index contributed by atoms with van der Waals surface area (Å²) in [6.07, 6.45) is 0. The molecule has 2 aromatic rings. The number of benzene rings is 1. The highest BCUT2D eigenvalue weighted by molar-refractivity contribution is 7.71. The van der Waals surface area contributed by atoms with E-state index in [4.69, 9.17) is 28.4 Å². The Bertz CT molecular complexity index is 703. The second kappa shape index (κ2) is 5.15. The number of anilines is 2. The van der Waals surface area contributed by atoms with Gasteiger partial charge in [0.2, 0.25) is 0 Å². The van der Waals surface area contributed by atoms with Gasteiger partial charge in [0.1, 0.15) is 17.3 Å². The number of aromatic amines is 1. The molecule has 0 saturated carbocycles. The summed E-state index contributed by atoms with van der Waals surface area (Å²) in [5.41, 5.74) is 11.9. The van der Waals surface area contributed by atoms with Gasteiger partial charge in [0.25, 0.3) is 5.56 Å². The zero-order valence-electron chi connectivity index (χ0n) is 10.3. The van der Waals surface area contributed by atoms with Crippen LogP contribution >= 0.6 is 12.2 Å². The minimum Gasteiger partial charge on any atom is -0.497 e. The van der Waals surface area contributed by atoms with E-state index in [9.17, 15) is 4.79 Å². The van der Waals surface area contributed by atoms with Crippen molar-refractivity contribution in [2.45, 2.75) is 6.54 Å². The van der Waals surface area contributed by atoms with Crippen LogP contribution in [0.1, 0.15) is 5.56 Å². The first-order valence-electron chi connectivity index (χ1n) is 5.54. The van der Waals surface area contributed by atoms with Crippen LogP contribution in [0.3, 0.4) is 0 Å². The van der Waals surface area contributed by atoms with Crippen molar-refractivity contribution < 1.29 is 4.74 Å². The van der Waals surface area contributed by atoms with E-state index in [1.807, 2.05) is 24.3 Å². The summed E-state index contributed by atoms with van der Waals surface area (Å²) >= 11 is 5.08. The lowest BCUT2D eigenvalue weighted by molar-refractivity contribution is 0.414. The molecule has 0 aliphatic carbocycles. The minimum atomic E-state index is -0.464. The van der Waals surface area contributed by atoms with Crippen molar-refractivity contribution in [3.63, 3.8) is 0 Å². The Labute approximate surface area is 114 Å². The van der Waals surface area contributed by atoms with Crippen LogP contribution in [0, 0.1) is 4.77 Å². The number of rotatable bonds is 3. The lowest BCUT2D eigenvalue weighted by Crippen LogP contribution is -2.21. The number of hydrogen-bond acceptors (Lipinski definition) is 5. The maximum absolute atomic E-state index is 11.4. The molecule has 0 fully saturated rings. The fraction of sp³-hybridized carbons (Fsp3) is 0.167. The second-order valence-electron chi connectivity index (χ2n) is 3.99. The van der Waals surface area contributed by atoms with E-state index in [0.717, 1.165) is 11.3 Å². The third kappa shape index (κ3) is 2.60. The smallest absolute Gasteiger partial charge is 0.277 e. The van der Waals surface area contributed by atoms with E-state index < -0.39 is 5.56 Å². The van der Waals surface area contributed by atoms with E-state index in [1.54, 1.807) is 11.7 Å². The Morgan fingerprint density at radius 2 is 1.95 bits per heavy atom. The summed E-state index contributed by atoms with van der Waals surface area (Å²) < 4.78 is 6.90. The first kappa shape index (κ1) is 13.2. The van der Waals surface area contributed by atoms with E-state index in [-0.39, 0.29) is 16.3 Å². The van der Waals surface area contributed by atoms with Crippen molar-refractivity contribution in [2.75, 3.05) is 18.6 Å². The number of nitrogen functional groups attached to an aromatic ring is 2. The van der Waals surface area contributed by atoms with Gasteiger partial charge < -0.3 is 16.2 Å². The standard InChI is InChI=1S/C12H14N4O2S/c1-18-8-4-2-7(3-5-8)6-16-10(14)9(13)11(17)15-12(16)19/h2-5H,6,13-14H2,1H3,(H,15,17,19). The molecule has 6 nitrogen and oxygen atoms in total. The predicted molar refractivity (Wildman–Crippen MR) is 76.8 cm³/mol. The van der Waals surface area contributed by atoms with Crippen LogP contribution in [0.25, 0.3) is 0 Å². The lowest BCUT2D eigenvalue weighted by atomic mass is 10.2. The fourth-order valence-electron chi connectivity index (χ4n) is 1.67. The van der Waals surface area contributed by atoms with Gasteiger partial charge in [-0.05, 0) is 29.9 Å². The molecular formula is C12H14N4O2S. The lowest BCUT2D eigenvalue weighted by Gasteiger charge is -2.12. The number of nitrogens with zero attached hydrogens (tertiary/aromatic N) is 1. The summed E-state index contributed by atoms with van der Waals surface area (Å²) in [6, 6.07) is 7.46. The highest BCUT2D eigenvalue weighted by atomic mass is 32.1. The Morgan fingerprint density at radius 3 is 2.53 bits per heavy atom. The van der Waals surface area contributed by atoms with Crippen LogP contribution < -0.4 is 21.8 Å². The highest BCUT2D eigenvalue weighted by Crippen LogP contribution is 2.15. The molecule has 0 aliphatic heterocycles. The molecule has 0 aliphatic rings. The topological polar surface area (TPSA) is 99.1 Å². The number of nitrogens with two attached hydrogens (primary N) is 2. The van der Waals surface area contributed by atoms with Crippen molar-refractivity contribution in [3.8, 4) is 5.75 Å². The van der Waals surface area contributed by atoms with Gasteiger partial charge in [-0.2, -0.15) is 0 Å². The summed E-state index contributed by atoms with van der Waals surface area (Å²) in [5.74, 6) is 0.936. The number of hydrogen-bond donors (Lipinski definition) is 3. The van der Waals surface area contributed by atoms with Gasteiger partial charge in [-0.1, -0.05) is 12.1 Å². The number of ether oxygens (including phenoxy) is 1. The maximum atomic E-state index is 11.4. The molecule has 19 heavy (non-hydrogen) atoms. The molecule has 7 heteroatoms. The summed E-state index contributed by atoms with van der Waals surface area (Å²) in [7, 11) is 1.60. The zero-order valence-corrected chi connectivity index (χ0v) is 11.2. The average molecular weight is 278 g/mol. The number of aromatic nitrogens is 2. The first-order chi connectivity index (χ1) is 9.02. The average Bonchev–Trinajstić information content (AvgIpc) is 2.42. The first-order valence-corrected chi connectivity index (χ1v) is 5.94. The second-order valence-corrected chi connectivity index (χ2v) is 4.38. The SMILES string of the molecule is COc1ccc(Cn2c(N)c(N)c(=O)[nH]c2=S)cc1. The number of methoxy groups -OCH3 is 1. The summed E-state index contributed by atoms with van der Waals surface area (Å²) in [5, 5.41) is 0. The summed E-state index contributed by atoms with van der Waals surface area (Å²) in [4.78, 5) is 13.9. The van der Waals surface area contributed by atoms with E-state index in [2.05, 4.69) is 4.98 Å². The van der Waals surface area contributed by atoms with Gasteiger partial charge in [0.15, 0.2) is 4.77 Å². The molecule has 2 rings (SSSR count). The largest absolute Gasteiger partial charge is 0.497 e. The quantitative estimate of drug-likeness (QED) is 0.731. The Balaban J connectivity index is 2.40. The molecule has 1 aromatic carbocycles. The summed E-state index contributed by atoms with van der Waals surface area (Å²) in [6.45, 7) is 0.426. The molecule has 1 heterocycles. The van der Waals surface area contributed by atoms with E-state index in [0.29, 0.717) is 6.54 Å². The molecule has 5 N–H and O–H groups in total. The van der Waals surface area contributed by atoms with Crippen LogP contribution in [0.5, 0.6) is 5.75 Å². The molecular weight excluding hydrogens is 264 g/mol. The van der Waals surface area contributed by atoms with Crippen LogP contribution in [-0.4, -0.2) is 16.7 Å². The zero-order chi connectivity index (χ0) is 14.0. The molecule has 0 saturated heterocycles. The van der Waals surface area contributed by atoms with E-state index in [1.165, 1.54) is 0 Å². The maximum Gasteiger partial charge on any atom is 0.277 e. The monoisotopic (exact) mass is 278 g/mol. The normalized spacial score (nSPS) is 10.4. The number of H-pyrrole nitrogens is 1. The minimum absolute atomic E-state index is 0.0258. The Kier molecular flexibility index (Phi) is 3.57. The van der Waals surface area contributed by atoms with Crippen molar-refractivity contribution in [1.29, 1.82) is 0 Å². The Morgan fingerprint density at radius 1 is 1.32 bits per heavy atom. The van der Waals surface area contributed by atoms with Crippen LogP contribution in [0.2, 0.25) is 0 Å². The van der Waals surface area contributed by atoms with Crippen LogP contribution in [0.4, 0.5) is 11.5 Å². The van der Waals surface area contributed by atoms with Gasteiger partial charge in [-0.15, -0.1) is 0 Å². The molecule has 0 radical (unpaired) electrons. The van der Waals surface area contributed by atoms with Crippen molar-refractivity contribution in [1.82, 2.24) is 9.55 Å². The highest BCUT2D eigenvalue weighted by Gasteiger charge is 2.07. The van der Waals surface area contributed by atoms with Crippen molar-refractivity contribution in [3.05, 3.63) is 45.0 Å². The van der Waals surface area contributed by atoms with Gasteiger partial charge in [0.05, 0.1) is 13.7 Å². The van der Waals surface area contributed by atoms with Gasteiger partial charge in [-0.3, -0.25) is 14.3 Å². The molecule has 0 spiro atoms. The molecule has 0 unspecified atom stereocenters. The number of nitrogens with one attached hydrogen (secondary N) is 1. The molecule has 1 aromatic heterocycles. The molecule has 0 amide bonds.